The number of piperidine rings is 1. The van der Waals surface area contributed by atoms with Crippen LogP contribution in [0.5, 0.6) is 0 Å². The first-order valence-electron chi connectivity index (χ1n) is 36.2. The van der Waals surface area contributed by atoms with Gasteiger partial charge in [-0.2, -0.15) is 0 Å². The second kappa shape index (κ2) is 37.2. The van der Waals surface area contributed by atoms with Gasteiger partial charge in [0.15, 0.2) is 6.29 Å². The van der Waals surface area contributed by atoms with Crippen LogP contribution in [0.25, 0.3) is 0 Å². The molecule has 8 N–H and O–H groups in total. The van der Waals surface area contributed by atoms with E-state index in [9.17, 15) is 62.2 Å². The molecule has 6 amide bonds. The molecule has 0 radical (unpaired) electrons. The Labute approximate surface area is 684 Å². The molecule has 11 aliphatic rings. The van der Waals surface area contributed by atoms with Crippen LogP contribution in [-0.4, -0.2) is 240 Å². The van der Waals surface area contributed by atoms with Gasteiger partial charge >= 0.3 is 89.6 Å². The number of carboxylic acids is 2. The number of likely N-dealkylation sites (tertiary alicyclic amines) is 4. The number of aliphatic hydroxyl groups is 1. The number of amides is 6. The molecule has 9 saturated heterocycles. The van der Waals surface area contributed by atoms with Gasteiger partial charge in [-0.3, -0.25) is 19.7 Å². The number of carbonyl (C=O) groups is 11. The number of carbonyl (C=O) groups excluding carboxylic acids is 9. The van der Waals surface area contributed by atoms with Crippen LogP contribution in [0.1, 0.15) is 164 Å². The first-order valence-corrected chi connectivity index (χ1v) is 37.2. The number of carboxylic acid groups (broad SMARTS) is 2. The number of aldehydes is 1. The molecule has 9 fully saturated rings. The Kier molecular flexibility index (Phi) is 30.6. The molecule has 1 unspecified atom stereocenters. The van der Waals surface area contributed by atoms with Crippen molar-refractivity contribution in [1.82, 2.24) is 30.2 Å². The molecule has 619 valence electrons. The van der Waals surface area contributed by atoms with E-state index in [1.165, 1.54) is 30.3 Å². The molecular weight excluding hydrogens is 1550 g/mol. The number of rotatable bonds is 7. The number of nitrogens with zero attached hydrogens (tertiary/aromatic N) is 7. The van der Waals surface area contributed by atoms with Crippen molar-refractivity contribution in [2.45, 2.75) is 144 Å². The molecule has 4 aromatic carbocycles. The van der Waals surface area contributed by atoms with Crippen LogP contribution in [0.3, 0.4) is 0 Å². The molecule has 1 atom stereocenters. The van der Waals surface area contributed by atoms with Gasteiger partial charge in [0, 0.05) is 167 Å². The van der Waals surface area contributed by atoms with Crippen molar-refractivity contribution in [2.24, 2.45) is 27.4 Å². The third-order valence-corrected chi connectivity index (χ3v) is 19.5. The summed E-state index contributed by atoms with van der Waals surface area (Å²) in [4.78, 5) is 138. The Bertz CT molecular complexity index is 4280. The number of nitrogens with two attached hydrogens (primary N) is 1. The van der Waals surface area contributed by atoms with Crippen LogP contribution in [0.4, 0.5) is 40.6 Å². The summed E-state index contributed by atoms with van der Waals surface area (Å²) in [5, 5.41) is 32.9. The molecule has 15 rings (SSSR count). The van der Waals surface area contributed by atoms with Crippen molar-refractivity contribution in [1.29, 1.82) is 0 Å². The van der Waals surface area contributed by atoms with Crippen LogP contribution < -0.4 is 49.9 Å². The molecule has 0 bridgehead atoms. The van der Waals surface area contributed by atoms with E-state index in [1.54, 1.807) is 43.9 Å². The second-order valence-electron chi connectivity index (χ2n) is 33.9. The van der Waals surface area contributed by atoms with Crippen molar-refractivity contribution in [3.8, 4) is 0 Å². The van der Waals surface area contributed by atoms with Crippen LogP contribution >= 0.6 is 12.4 Å². The summed E-state index contributed by atoms with van der Waals surface area (Å²) in [6.45, 7) is 35.7. The van der Waals surface area contributed by atoms with E-state index in [0.717, 1.165) is 101 Å². The number of aliphatic hydroxyl groups excluding tert-OH is 1. The van der Waals surface area contributed by atoms with Gasteiger partial charge in [0.25, 0.3) is 0 Å². The fraction of sp³-hybridized carbons (Fsp3) is 0.545. The van der Waals surface area contributed by atoms with Crippen LogP contribution in [0.2, 0.25) is 0 Å². The molecule has 0 aliphatic carbocycles. The van der Waals surface area contributed by atoms with E-state index >= 15 is 0 Å². The van der Waals surface area contributed by atoms with E-state index < -0.39 is 49.6 Å². The number of benzene rings is 4. The second-order valence-corrected chi connectivity index (χ2v) is 34.1. The third kappa shape index (κ3) is 23.8. The summed E-state index contributed by atoms with van der Waals surface area (Å²) >= 11 is -1.44. The maximum absolute atomic E-state index is 12.5. The number of aromatic carboxylic acids is 2. The molecule has 4 aromatic rings. The number of anilines is 3. The first kappa shape index (κ1) is 93.7. The average Bonchev–Trinajstić information content (AvgIpc) is 0.823. The normalized spacial score (nSPS) is 19.2. The van der Waals surface area contributed by atoms with Gasteiger partial charge in [-0.15, -0.1) is 12.4 Å². The standard InChI is InChI=1S/C18H24N2O5.C18H22N2O5.C18H22N2O4.C10H18N2O2.C8H5FO2.C5H8N2O2.ClH.Li.Mn.H2O.2O/c2*1-17(2,3)25-16(24)20-10-18(11-20)8-19(9-18)13-4-5-14(15(22)23)12(6-13)7-21;1-17(2,3)24-16(22)20-10-18(11-20)8-19(9-18)13-4-5-14-12(6-13)7-23-15(14)21;1-9(2,3)14-8(13)12-6-10(7-12)4-11-5-10;9-6-1-2-7-5(3-6)4-11-8(7)10;6-3-1-2-4(8)7-5(3)9;;;;;;/h4-6,21H,7-11H2,1-3H3,(H,22,23);4-7H,8-11H2,1-3H3,(H,22,23);4-6H,7-11H2,1-3H3;11H,4-7H2,1-3H3;1-3H,4H2;3H,1-2,6H2,(H,7,8,9);1H;;;1H2;;/q;;;;;;;+1;;;;/p-1. The molecule has 0 aromatic heterocycles. The van der Waals surface area contributed by atoms with Gasteiger partial charge in [-0.25, -0.2) is 42.7 Å². The van der Waals surface area contributed by atoms with E-state index in [2.05, 4.69) is 30.1 Å². The minimum atomic E-state index is -1.44. The van der Waals surface area contributed by atoms with E-state index in [4.69, 9.17) is 47.3 Å². The molecule has 33 nitrogen and oxygen atoms in total. The van der Waals surface area contributed by atoms with Crippen molar-refractivity contribution >= 4 is 95.8 Å². The number of hydrogen-bond acceptors (Lipinski definition) is 26. The van der Waals surface area contributed by atoms with E-state index in [0.29, 0.717) is 79.6 Å². The molecule has 114 heavy (non-hydrogen) atoms. The van der Waals surface area contributed by atoms with E-state index in [-0.39, 0.29) is 142 Å². The summed E-state index contributed by atoms with van der Waals surface area (Å²) in [5.74, 6) is -3.65. The molecular formula is C77H101ClFLiMnN10O23. The molecule has 0 saturated carbocycles. The van der Waals surface area contributed by atoms with Crippen molar-refractivity contribution < 1.29 is 148 Å². The van der Waals surface area contributed by atoms with E-state index in [1.807, 2.05) is 101 Å². The van der Waals surface area contributed by atoms with Crippen LogP contribution in [-0.2, 0) is 80.3 Å². The predicted octanol–water partition coefficient (Wildman–Crippen LogP) is 4.68. The van der Waals surface area contributed by atoms with Crippen LogP contribution in [0, 0.1) is 27.5 Å². The zero-order chi connectivity index (χ0) is 81.7. The average molecular weight is 1650 g/mol. The summed E-state index contributed by atoms with van der Waals surface area (Å²) < 4.78 is 60.5. The Morgan fingerprint density at radius 2 is 0.886 bits per heavy atom. The Balaban J connectivity index is 0.000000217. The summed E-state index contributed by atoms with van der Waals surface area (Å²) in [5.41, 5.74) is 10.5. The Hall–Kier alpha value is -9.17. The predicted molar refractivity (Wildman–Crippen MR) is 401 cm³/mol. The maximum atomic E-state index is 12.5. The Morgan fingerprint density at radius 1 is 0.544 bits per heavy atom. The molecule has 4 spiro atoms. The first-order chi connectivity index (χ1) is 51.8. The molecule has 11 aliphatic heterocycles. The number of cyclic esters (lactones) is 2. The van der Waals surface area contributed by atoms with Crippen molar-refractivity contribution in [3.63, 3.8) is 0 Å². The van der Waals surface area contributed by atoms with Crippen LogP contribution in [0.15, 0.2) is 72.8 Å². The fourth-order valence-corrected chi connectivity index (χ4v) is 14.3. The van der Waals surface area contributed by atoms with Crippen molar-refractivity contribution in [2.75, 3.05) is 119 Å². The summed E-state index contributed by atoms with van der Waals surface area (Å²) in [7, 11) is 0. The fourth-order valence-electron chi connectivity index (χ4n) is 14.3. The zero-order valence-corrected chi connectivity index (χ0v) is 68.3. The summed E-state index contributed by atoms with van der Waals surface area (Å²) in [6, 6.07) is 19.2. The monoisotopic (exact) mass is 1650 g/mol. The SMILES string of the molecule is CC(C)(C)OC(=O)N1CC2(C1)CN(c1ccc(C(=O)O)c(C=O)c1)C2.CC(C)(C)OC(=O)N1CC2(C1)CN(c1ccc(C(=O)O)c(CO)c1)C2.CC(C)(C)OC(=O)N1CC2(C1)CN(c1ccc3c(c1)COC3=O)C2.CC(C)(C)OC(=O)N1CC2(CNC2)C1.Cl.NC1CCC(=O)NC1=O.O=C1OCc2cc(F)ccc21.[Li+].[OH-].[O]=[Mn]=[O]. The molecule has 37 heteroatoms. The number of ether oxygens (including phenoxy) is 6. The van der Waals surface area contributed by atoms with Gasteiger partial charge in [0.1, 0.15) is 41.4 Å². The van der Waals surface area contributed by atoms with Gasteiger partial charge in [-0.1, -0.05) is 0 Å². The quantitative estimate of drug-likeness (QED) is 0.0480. The number of esters is 2. The topological polar surface area (TPSA) is 441 Å². The van der Waals surface area contributed by atoms with Gasteiger partial charge in [-0.05, 0) is 168 Å². The zero-order valence-electron chi connectivity index (χ0n) is 66.3. The third-order valence-electron chi connectivity index (χ3n) is 19.5. The Morgan fingerprint density at radius 3 is 1.22 bits per heavy atom. The van der Waals surface area contributed by atoms with Crippen molar-refractivity contribution in [3.05, 3.63) is 123 Å². The molecule has 11 heterocycles. The summed E-state index contributed by atoms with van der Waals surface area (Å²) in [6.07, 6.45) is 0.457. The number of nitrogens with one attached hydrogen (secondary N) is 2. The minimum absolute atomic E-state index is 0. The number of hydrogen-bond donors (Lipinski definition) is 6. The number of halogens is 2. The van der Waals surface area contributed by atoms with Gasteiger partial charge in [0.05, 0.1) is 34.9 Å². The number of fused-ring (bicyclic) bond motifs is 2. The van der Waals surface area contributed by atoms with Gasteiger partial charge < -0.3 is 94.6 Å². The number of imide groups is 1. The van der Waals surface area contributed by atoms with Gasteiger partial charge in [0.2, 0.25) is 11.8 Å².